The van der Waals surface area contributed by atoms with Gasteiger partial charge in [0.15, 0.2) is 5.69 Å². The van der Waals surface area contributed by atoms with Crippen LogP contribution < -0.4 is 4.74 Å². The van der Waals surface area contributed by atoms with E-state index in [2.05, 4.69) is 20.8 Å². The van der Waals surface area contributed by atoms with E-state index < -0.39 is 26.1 Å². The molecule has 0 unspecified atom stereocenters. The van der Waals surface area contributed by atoms with Gasteiger partial charge < -0.3 is 4.74 Å². The maximum Gasteiger partial charge on any atom is 0.501 e. The van der Waals surface area contributed by atoms with Gasteiger partial charge in [0.25, 0.3) is 9.84 Å². The van der Waals surface area contributed by atoms with Crippen LogP contribution in [0.4, 0.5) is 23.2 Å². The molecule has 0 radical (unpaired) electrons. The van der Waals surface area contributed by atoms with E-state index in [0.29, 0.717) is 0 Å². The lowest BCUT2D eigenvalue weighted by Gasteiger charge is -2.15. The molecule has 0 saturated carbocycles. The lowest BCUT2D eigenvalue weighted by atomic mass is 10.2. The number of ether oxygens (including phenoxy) is 1. The molecule has 4 nitrogen and oxygen atoms in total. The van der Waals surface area contributed by atoms with Crippen LogP contribution in [0.25, 0.3) is 4.85 Å². The quantitative estimate of drug-likeness (QED) is 0.468. The zero-order valence-corrected chi connectivity index (χ0v) is 14.8. The monoisotopic (exact) mass is 437 g/mol. The van der Waals surface area contributed by atoms with Crippen LogP contribution >= 0.6 is 15.9 Å². The number of rotatable bonds is 3. The van der Waals surface area contributed by atoms with E-state index in [1.165, 1.54) is 13.0 Å². The third-order valence-electron chi connectivity index (χ3n) is 3.11. The van der Waals surface area contributed by atoms with Gasteiger partial charge in [-0.1, -0.05) is 0 Å². The summed E-state index contributed by atoms with van der Waals surface area (Å²) in [7, 11) is -5.54. The van der Waals surface area contributed by atoms with Crippen LogP contribution in [0.2, 0.25) is 0 Å². The summed E-state index contributed by atoms with van der Waals surface area (Å²) < 4.78 is 79.7. The second-order valence-electron chi connectivity index (χ2n) is 4.81. The molecule has 0 bridgehead atoms. The number of benzene rings is 2. The molecule has 25 heavy (non-hydrogen) atoms. The van der Waals surface area contributed by atoms with Gasteiger partial charge in [0, 0.05) is 16.1 Å². The van der Waals surface area contributed by atoms with Crippen molar-refractivity contribution in [3.8, 4) is 11.5 Å². The number of hydrogen-bond donors (Lipinski definition) is 0. The van der Waals surface area contributed by atoms with E-state index >= 15 is 0 Å². The Morgan fingerprint density at radius 3 is 2.40 bits per heavy atom. The molecule has 0 amide bonds. The minimum atomic E-state index is -5.54. The molecule has 2 aromatic rings. The first kappa shape index (κ1) is 19.2. The van der Waals surface area contributed by atoms with Gasteiger partial charge in [-0.25, -0.2) is 17.7 Å². The molecule has 0 aliphatic rings. The average Bonchev–Trinajstić information content (AvgIpc) is 2.50. The summed E-state index contributed by atoms with van der Waals surface area (Å²) in [5, 5.41) is 0. The summed E-state index contributed by atoms with van der Waals surface area (Å²) >= 11 is 2.83. The molecular weight excluding hydrogens is 430 g/mol. The number of sulfone groups is 1. The fourth-order valence-electron chi connectivity index (χ4n) is 1.88. The summed E-state index contributed by atoms with van der Waals surface area (Å²) in [5.41, 5.74) is -5.40. The Bertz CT molecular complexity index is 981. The van der Waals surface area contributed by atoms with E-state index in [1.54, 1.807) is 0 Å². The summed E-state index contributed by atoms with van der Waals surface area (Å²) in [4.78, 5) is 2.11. The largest absolute Gasteiger partial charge is 0.501 e. The van der Waals surface area contributed by atoms with Gasteiger partial charge >= 0.3 is 5.51 Å². The lowest BCUT2D eigenvalue weighted by molar-refractivity contribution is -0.0436. The molecule has 0 spiro atoms. The van der Waals surface area contributed by atoms with Gasteiger partial charge in [-0.15, -0.1) is 0 Å². The minimum absolute atomic E-state index is 0.00882. The van der Waals surface area contributed by atoms with Crippen LogP contribution in [0.1, 0.15) is 5.56 Å². The number of nitrogens with zero attached hydrogens (tertiary/aromatic N) is 1. The minimum Gasteiger partial charge on any atom is -0.458 e. The summed E-state index contributed by atoms with van der Waals surface area (Å²) in [6.45, 7) is 8.21. The lowest BCUT2D eigenvalue weighted by Crippen LogP contribution is -2.23. The fourth-order valence-corrected chi connectivity index (χ4v) is 3.74. The molecule has 10 heteroatoms. The van der Waals surface area contributed by atoms with Crippen molar-refractivity contribution >= 4 is 31.5 Å². The Labute approximate surface area is 148 Å². The molecule has 0 aliphatic heterocycles. The van der Waals surface area contributed by atoms with Gasteiger partial charge in [0.2, 0.25) is 0 Å². The first-order valence-electron chi connectivity index (χ1n) is 6.43. The van der Waals surface area contributed by atoms with Crippen LogP contribution in [-0.2, 0) is 9.84 Å². The van der Waals surface area contributed by atoms with Gasteiger partial charge in [0.1, 0.15) is 17.3 Å². The fraction of sp³-hybridized carbons (Fsp3) is 0.133. The first-order chi connectivity index (χ1) is 11.5. The van der Waals surface area contributed by atoms with E-state index in [-0.39, 0.29) is 27.2 Å². The van der Waals surface area contributed by atoms with Crippen LogP contribution in [0, 0.1) is 19.3 Å². The highest BCUT2D eigenvalue weighted by Crippen LogP contribution is 2.40. The Kier molecular flexibility index (Phi) is 5.11. The Morgan fingerprint density at radius 2 is 1.84 bits per heavy atom. The molecular formula is C15H8BrF4NO3S. The molecule has 0 aromatic heterocycles. The third-order valence-corrected chi connectivity index (χ3v) is 5.92. The van der Waals surface area contributed by atoms with Crippen LogP contribution in [0.5, 0.6) is 11.5 Å². The second-order valence-corrected chi connectivity index (χ2v) is 7.51. The molecule has 0 aliphatic carbocycles. The Hall–Kier alpha value is -2.12. The average molecular weight is 438 g/mol. The maximum atomic E-state index is 13.4. The zero-order chi connectivity index (χ0) is 19.0. The highest BCUT2D eigenvalue weighted by molar-refractivity contribution is 9.10. The van der Waals surface area contributed by atoms with Crippen LogP contribution in [0.3, 0.4) is 0 Å². The Balaban J connectivity index is 2.49. The SMILES string of the molecule is [C-]#[N+]c1cc(F)cc(Oc2ccc(S(=O)(=O)C(F)(F)F)c(Br)c2C)c1. The topological polar surface area (TPSA) is 47.7 Å². The zero-order valence-electron chi connectivity index (χ0n) is 12.4. The molecule has 0 atom stereocenters. The third kappa shape index (κ3) is 3.77. The van der Waals surface area contributed by atoms with Gasteiger partial charge in [-0.05, 0) is 47.1 Å². The molecule has 0 heterocycles. The standard InChI is InChI=1S/C15H8BrF4NO3S/c1-8-12(24-11-6-9(17)5-10(7-11)21-2)3-4-13(14(8)16)25(22,23)15(18,19)20/h3-7H,1H3. The van der Waals surface area contributed by atoms with Crippen LogP contribution in [-0.4, -0.2) is 13.9 Å². The molecule has 2 aromatic carbocycles. The Morgan fingerprint density at radius 1 is 1.20 bits per heavy atom. The number of alkyl halides is 3. The van der Waals surface area contributed by atoms with Gasteiger partial charge in [0.05, 0.1) is 11.5 Å². The van der Waals surface area contributed by atoms with Crippen molar-refractivity contribution in [1.29, 1.82) is 0 Å². The molecule has 0 N–H and O–H groups in total. The molecule has 132 valence electrons. The molecule has 0 saturated heterocycles. The first-order valence-corrected chi connectivity index (χ1v) is 8.71. The number of halogens is 5. The summed E-state index contributed by atoms with van der Waals surface area (Å²) in [6, 6.07) is 4.99. The van der Waals surface area contributed by atoms with E-state index in [0.717, 1.165) is 24.3 Å². The molecule has 2 rings (SSSR count). The molecule has 0 fully saturated rings. The van der Waals surface area contributed by atoms with Crippen molar-refractivity contribution in [1.82, 2.24) is 0 Å². The van der Waals surface area contributed by atoms with Gasteiger partial charge in [-0.2, -0.15) is 13.2 Å². The second kappa shape index (κ2) is 6.65. The van der Waals surface area contributed by atoms with E-state index in [4.69, 9.17) is 11.3 Å². The predicted octanol–water partition coefficient (Wildman–Crippen LogP) is 5.53. The van der Waals surface area contributed by atoms with E-state index in [9.17, 15) is 26.0 Å². The maximum absolute atomic E-state index is 13.4. The van der Waals surface area contributed by atoms with Crippen molar-refractivity contribution in [2.24, 2.45) is 0 Å². The van der Waals surface area contributed by atoms with Crippen molar-refractivity contribution in [2.75, 3.05) is 0 Å². The summed E-state index contributed by atoms with van der Waals surface area (Å²) in [6.07, 6.45) is 0. The van der Waals surface area contributed by atoms with Crippen molar-refractivity contribution < 1.29 is 30.7 Å². The smallest absolute Gasteiger partial charge is 0.458 e. The summed E-state index contributed by atoms with van der Waals surface area (Å²) in [5.74, 6) is -0.765. The van der Waals surface area contributed by atoms with Crippen molar-refractivity contribution in [3.05, 3.63) is 57.6 Å². The van der Waals surface area contributed by atoms with Crippen LogP contribution in [0.15, 0.2) is 39.7 Å². The highest BCUT2D eigenvalue weighted by Gasteiger charge is 2.48. The van der Waals surface area contributed by atoms with Gasteiger partial charge in [-0.3, -0.25) is 0 Å². The van der Waals surface area contributed by atoms with Crippen molar-refractivity contribution in [3.63, 3.8) is 0 Å². The normalized spacial score (nSPS) is 11.9. The van der Waals surface area contributed by atoms with E-state index in [1.807, 2.05) is 0 Å². The highest BCUT2D eigenvalue weighted by atomic mass is 79.9. The van der Waals surface area contributed by atoms with Crippen molar-refractivity contribution in [2.45, 2.75) is 17.3 Å². The number of hydrogen-bond acceptors (Lipinski definition) is 3. The predicted molar refractivity (Wildman–Crippen MR) is 84.9 cm³/mol.